The maximum atomic E-state index is 11.5. The fourth-order valence-corrected chi connectivity index (χ4v) is 5.64. The number of benzene rings is 1. The first kappa shape index (κ1) is 17.1. The quantitative estimate of drug-likeness (QED) is 0.722. The molecule has 0 N–H and O–H groups in total. The van der Waals surface area contributed by atoms with Crippen LogP contribution in [-0.4, -0.2) is 30.1 Å². The van der Waals surface area contributed by atoms with Crippen molar-refractivity contribution in [1.29, 1.82) is 0 Å². The van der Waals surface area contributed by atoms with E-state index in [0.717, 1.165) is 5.56 Å². The van der Waals surface area contributed by atoms with Crippen LogP contribution in [0, 0.1) is 5.92 Å². The van der Waals surface area contributed by atoms with Crippen molar-refractivity contribution in [2.45, 2.75) is 23.8 Å². The van der Waals surface area contributed by atoms with Gasteiger partial charge in [0.25, 0.3) is 5.22 Å². The molecule has 0 amide bonds. The SMILES string of the molecule is O=S1(=O)CC[C@@H](Cc2nnc(SCc3ccc(Cl)cc3Cl)o2)C1. The highest BCUT2D eigenvalue weighted by Gasteiger charge is 2.29. The first-order valence-electron chi connectivity index (χ1n) is 7.01. The van der Waals surface area contributed by atoms with E-state index in [1.165, 1.54) is 11.8 Å². The third-order valence-electron chi connectivity index (χ3n) is 3.60. The first-order chi connectivity index (χ1) is 10.9. The predicted molar refractivity (Wildman–Crippen MR) is 90.8 cm³/mol. The Morgan fingerprint density at radius 2 is 2.13 bits per heavy atom. The molecular weight excluding hydrogens is 379 g/mol. The number of hydrogen-bond acceptors (Lipinski definition) is 6. The minimum Gasteiger partial charge on any atom is -0.416 e. The van der Waals surface area contributed by atoms with Crippen LogP contribution in [0.1, 0.15) is 17.9 Å². The van der Waals surface area contributed by atoms with Crippen LogP contribution in [-0.2, 0) is 22.0 Å². The Hall–Kier alpha value is -0.760. The molecule has 1 aliphatic heterocycles. The number of hydrogen-bond donors (Lipinski definition) is 0. The Kier molecular flexibility index (Phi) is 5.20. The van der Waals surface area contributed by atoms with Gasteiger partial charge in [0, 0.05) is 22.2 Å². The molecule has 1 fully saturated rings. The molecule has 1 aromatic heterocycles. The van der Waals surface area contributed by atoms with Crippen LogP contribution < -0.4 is 0 Å². The van der Waals surface area contributed by atoms with E-state index in [4.69, 9.17) is 27.6 Å². The van der Waals surface area contributed by atoms with Crippen LogP contribution in [0.25, 0.3) is 0 Å². The standard InChI is InChI=1S/C14H14Cl2N2O3S2/c15-11-2-1-10(12(16)6-11)7-22-14-18-17-13(21-14)5-9-3-4-23(19,20)8-9/h1-2,6,9H,3-5,7-8H2/t9-/m0/s1. The molecule has 1 aliphatic rings. The lowest BCUT2D eigenvalue weighted by Gasteiger charge is -2.03. The van der Waals surface area contributed by atoms with E-state index < -0.39 is 9.84 Å². The summed E-state index contributed by atoms with van der Waals surface area (Å²) in [5.74, 6) is 1.61. The Morgan fingerprint density at radius 3 is 2.83 bits per heavy atom. The second-order valence-corrected chi connectivity index (χ2v) is 9.46. The summed E-state index contributed by atoms with van der Waals surface area (Å²) in [6.07, 6.45) is 1.17. The molecule has 0 bridgehead atoms. The molecule has 1 atom stereocenters. The molecule has 9 heteroatoms. The number of halogens is 2. The third kappa shape index (κ3) is 4.62. The summed E-state index contributed by atoms with van der Waals surface area (Å²) in [4.78, 5) is 0. The largest absolute Gasteiger partial charge is 0.416 e. The molecule has 1 aromatic carbocycles. The van der Waals surface area contributed by atoms with Crippen LogP contribution in [0.15, 0.2) is 27.8 Å². The van der Waals surface area contributed by atoms with Crippen molar-refractivity contribution in [2.24, 2.45) is 5.92 Å². The molecule has 2 heterocycles. The maximum Gasteiger partial charge on any atom is 0.276 e. The van der Waals surface area contributed by atoms with E-state index in [1.54, 1.807) is 12.1 Å². The van der Waals surface area contributed by atoms with Crippen LogP contribution in [0.3, 0.4) is 0 Å². The monoisotopic (exact) mass is 392 g/mol. The first-order valence-corrected chi connectivity index (χ1v) is 10.6. The van der Waals surface area contributed by atoms with Gasteiger partial charge in [-0.1, -0.05) is 41.0 Å². The molecule has 124 valence electrons. The highest BCUT2D eigenvalue weighted by molar-refractivity contribution is 7.98. The number of aromatic nitrogens is 2. The van der Waals surface area contributed by atoms with Gasteiger partial charge in [-0.2, -0.15) is 0 Å². The lowest BCUT2D eigenvalue weighted by Crippen LogP contribution is -2.07. The van der Waals surface area contributed by atoms with Crippen molar-refractivity contribution < 1.29 is 12.8 Å². The van der Waals surface area contributed by atoms with Crippen molar-refractivity contribution in [1.82, 2.24) is 10.2 Å². The topological polar surface area (TPSA) is 73.1 Å². The summed E-state index contributed by atoms with van der Waals surface area (Å²) in [6.45, 7) is 0. The van der Waals surface area contributed by atoms with Crippen molar-refractivity contribution in [3.63, 3.8) is 0 Å². The summed E-state index contributed by atoms with van der Waals surface area (Å²) in [6, 6.07) is 5.33. The highest BCUT2D eigenvalue weighted by atomic mass is 35.5. The Labute approximate surface area is 148 Å². The van der Waals surface area contributed by atoms with E-state index >= 15 is 0 Å². The van der Waals surface area contributed by atoms with Gasteiger partial charge < -0.3 is 4.42 Å². The number of nitrogens with zero attached hydrogens (tertiary/aromatic N) is 2. The van der Waals surface area contributed by atoms with Crippen molar-refractivity contribution >= 4 is 44.8 Å². The van der Waals surface area contributed by atoms with E-state index in [0.29, 0.717) is 39.8 Å². The zero-order chi connectivity index (χ0) is 16.4. The lowest BCUT2D eigenvalue weighted by molar-refractivity contribution is 0.389. The molecule has 23 heavy (non-hydrogen) atoms. The van der Waals surface area contributed by atoms with Gasteiger partial charge in [0.2, 0.25) is 5.89 Å². The van der Waals surface area contributed by atoms with Gasteiger partial charge in [-0.05, 0) is 30.0 Å². The second-order valence-electron chi connectivity index (χ2n) is 5.46. The zero-order valence-corrected chi connectivity index (χ0v) is 15.2. The Morgan fingerprint density at radius 1 is 1.30 bits per heavy atom. The van der Waals surface area contributed by atoms with Gasteiger partial charge in [0.1, 0.15) is 0 Å². The average molecular weight is 393 g/mol. The normalized spacial score (nSPS) is 20.0. The minimum atomic E-state index is -2.88. The second kappa shape index (κ2) is 7.01. The molecule has 0 aliphatic carbocycles. The fourth-order valence-electron chi connectivity index (χ4n) is 2.44. The van der Waals surface area contributed by atoms with Crippen molar-refractivity contribution in [3.05, 3.63) is 39.7 Å². The Bertz CT molecular complexity index is 808. The zero-order valence-electron chi connectivity index (χ0n) is 12.0. The number of rotatable bonds is 5. The summed E-state index contributed by atoms with van der Waals surface area (Å²) in [7, 11) is -2.88. The van der Waals surface area contributed by atoms with Gasteiger partial charge >= 0.3 is 0 Å². The summed E-state index contributed by atoms with van der Waals surface area (Å²) in [5.41, 5.74) is 0.933. The third-order valence-corrected chi connectivity index (χ3v) is 6.90. The van der Waals surface area contributed by atoms with Crippen LogP contribution in [0.5, 0.6) is 0 Å². The molecule has 0 radical (unpaired) electrons. The summed E-state index contributed by atoms with van der Waals surface area (Å²) >= 11 is 13.4. The molecule has 1 saturated heterocycles. The van der Waals surface area contributed by atoms with E-state index in [2.05, 4.69) is 10.2 Å². The highest BCUT2D eigenvalue weighted by Crippen LogP contribution is 2.29. The van der Waals surface area contributed by atoms with Crippen LogP contribution in [0.4, 0.5) is 0 Å². The smallest absolute Gasteiger partial charge is 0.276 e. The molecule has 5 nitrogen and oxygen atoms in total. The maximum absolute atomic E-state index is 11.5. The van der Waals surface area contributed by atoms with Gasteiger partial charge in [-0.25, -0.2) is 8.42 Å². The number of sulfone groups is 1. The minimum absolute atomic E-state index is 0.0732. The molecule has 2 aromatic rings. The van der Waals surface area contributed by atoms with Gasteiger partial charge in [0.15, 0.2) is 9.84 Å². The van der Waals surface area contributed by atoms with Crippen LogP contribution in [0.2, 0.25) is 10.0 Å². The van der Waals surface area contributed by atoms with E-state index in [1.807, 2.05) is 6.07 Å². The average Bonchev–Trinajstić information content (AvgIpc) is 3.05. The number of thioether (sulfide) groups is 1. The summed E-state index contributed by atoms with van der Waals surface area (Å²) < 4.78 is 28.5. The molecule has 3 rings (SSSR count). The van der Waals surface area contributed by atoms with Gasteiger partial charge in [0.05, 0.1) is 11.5 Å². The van der Waals surface area contributed by atoms with Crippen molar-refractivity contribution in [2.75, 3.05) is 11.5 Å². The predicted octanol–water partition coefficient (Wildman–Crippen LogP) is 3.65. The van der Waals surface area contributed by atoms with Gasteiger partial charge in [-0.15, -0.1) is 10.2 Å². The molecule has 0 unspecified atom stereocenters. The molecular formula is C14H14Cl2N2O3S2. The molecule has 0 saturated carbocycles. The van der Waals surface area contributed by atoms with E-state index in [-0.39, 0.29) is 17.4 Å². The Balaban J connectivity index is 1.57. The van der Waals surface area contributed by atoms with Crippen molar-refractivity contribution in [3.8, 4) is 0 Å². The molecule has 0 spiro atoms. The van der Waals surface area contributed by atoms with E-state index in [9.17, 15) is 8.42 Å². The lowest BCUT2D eigenvalue weighted by atomic mass is 10.1. The summed E-state index contributed by atoms with van der Waals surface area (Å²) in [5, 5.41) is 9.62. The fraction of sp³-hybridized carbons (Fsp3) is 0.429. The van der Waals surface area contributed by atoms with Gasteiger partial charge in [-0.3, -0.25) is 0 Å². The van der Waals surface area contributed by atoms with Crippen LogP contribution >= 0.6 is 35.0 Å².